The number of benzene rings is 1. The maximum Gasteiger partial charge on any atom is 0.224 e. The van der Waals surface area contributed by atoms with Gasteiger partial charge in [-0.15, -0.1) is 11.3 Å². The molecule has 1 atom stereocenters. The Labute approximate surface area is 116 Å². The highest BCUT2D eigenvalue weighted by atomic mass is 32.1. The largest absolute Gasteiger partial charge is 0.399 e. The van der Waals surface area contributed by atoms with E-state index < -0.39 is 0 Å². The van der Waals surface area contributed by atoms with Crippen LogP contribution in [0.15, 0.2) is 35.8 Å². The van der Waals surface area contributed by atoms with Crippen LogP contribution >= 0.6 is 11.3 Å². The van der Waals surface area contributed by atoms with Crippen LogP contribution in [-0.4, -0.2) is 10.9 Å². The Morgan fingerprint density at radius 1 is 1.53 bits per heavy atom. The summed E-state index contributed by atoms with van der Waals surface area (Å²) in [5.41, 5.74) is 7.30. The molecule has 4 nitrogen and oxygen atoms in total. The minimum Gasteiger partial charge on any atom is -0.399 e. The third kappa shape index (κ3) is 3.79. The van der Waals surface area contributed by atoms with E-state index in [1.165, 1.54) is 0 Å². The average Bonchev–Trinajstić information content (AvgIpc) is 2.89. The standard InChI is InChI=1S/C14H17N3OS/c1-2-12(14-16-6-7-19-14)17-13(18)9-10-4-3-5-11(15)8-10/h3-8,12H,2,9,15H2,1H3,(H,17,18). The van der Waals surface area contributed by atoms with Crippen LogP contribution in [-0.2, 0) is 11.2 Å². The van der Waals surface area contributed by atoms with E-state index in [1.54, 1.807) is 17.5 Å². The molecule has 1 aromatic carbocycles. The van der Waals surface area contributed by atoms with E-state index in [1.807, 2.05) is 36.6 Å². The molecule has 100 valence electrons. The number of anilines is 1. The van der Waals surface area contributed by atoms with Crippen molar-refractivity contribution >= 4 is 22.9 Å². The first-order chi connectivity index (χ1) is 9.19. The van der Waals surface area contributed by atoms with Gasteiger partial charge in [0.25, 0.3) is 0 Å². The van der Waals surface area contributed by atoms with Gasteiger partial charge in [0, 0.05) is 17.3 Å². The number of rotatable bonds is 5. The summed E-state index contributed by atoms with van der Waals surface area (Å²) in [5.74, 6) is -0.00681. The van der Waals surface area contributed by atoms with Crippen molar-refractivity contribution in [2.45, 2.75) is 25.8 Å². The van der Waals surface area contributed by atoms with Crippen molar-refractivity contribution in [3.05, 3.63) is 46.4 Å². The lowest BCUT2D eigenvalue weighted by molar-refractivity contribution is -0.121. The highest BCUT2D eigenvalue weighted by molar-refractivity contribution is 7.09. The Morgan fingerprint density at radius 2 is 2.37 bits per heavy atom. The first kappa shape index (κ1) is 13.5. The lowest BCUT2D eigenvalue weighted by Gasteiger charge is -2.14. The third-order valence-corrected chi connectivity index (χ3v) is 3.70. The molecule has 3 N–H and O–H groups in total. The van der Waals surface area contributed by atoms with Crippen molar-refractivity contribution in [1.29, 1.82) is 0 Å². The first-order valence-electron chi connectivity index (χ1n) is 6.22. The second-order valence-electron chi connectivity index (χ2n) is 4.32. The minimum atomic E-state index is -0.00681. The van der Waals surface area contributed by atoms with Gasteiger partial charge in [-0.25, -0.2) is 4.98 Å². The summed E-state index contributed by atoms with van der Waals surface area (Å²) in [7, 11) is 0. The van der Waals surface area contributed by atoms with Crippen molar-refractivity contribution < 1.29 is 4.79 Å². The summed E-state index contributed by atoms with van der Waals surface area (Å²) in [6.07, 6.45) is 2.93. The van der Waals surface area contributed by atoms with Gasteiger partial charge in [-0.05, 0) is 24.1 Å². The fraction of sp³-hybridized carbons (Fsp3) is 0.286. The number of nitrogens with zero attached hydrogens (tertiary/aromatic N) is 1. The molecule has 1 heterocycles. The number of hydrogen-bond donors (Lipinski definition) is 2. The van der Waals surface area contributed by atoms with Crippen LogP contribution in [0.3, 0.4) is 0 Å². The molecule has 0 aliphatic rings. The molecule has 5 heteroatoms. The zero-order chi connectivity index (χ0) is 13.7. The van der Waals surface area contributed by atoms with Crippen LogP contribution in [0.25, 0.3) is 0 Å². The maximum atomic E-state index is 12.0. The molecule has 0 fully saturated rings. The van der Waals surface area contributed by atoms with Gasteiger partial charge in [-0.3, -0.25) is 4.79 Å². The van der Waals surface area contributed by atoms with E-state index in [0.29, 0.717) is 12.1 Å². The second kappa shape index (κ2) is 6.33. The molecule has 0 bridgehead atoms. The number of nitrogens with one attached hydrogen (secondary N) is 1. The molecule has 1 aromatic heterocycles. The fourth-order valence-corrected chi connectivity index (χ4v) is 2.65. The van der Waals surface area contributed by atoms with Crippen LogP contribution in [0.5, 0.6) is 0 Å². The van der Waals surface area contributed by atoms with Crippen LogP contribution in [0, 0.1) is 0 Å². The predicted molar refractivity (Wildman–Crippen MR) is 77.8 cm³/mol. The number of nitrogen functional groups attached to an aromatic ring is 1. The summed E-state index contributed by atoms with van der Waals surface area (Å²) >= 11 is 1.56. The van der Waals surface area contributed by atoms with Crippen LogP contribution in [0.4, 0.5) is 5.69 Å². The zero-order valence-electron chi connectivity index (χ0n) is 10.8. The summed E-state index contributed by atoms with van der Waals surface area (Å²) in [5, 5.41) is 5.87. The van der Waals surface area contributed by atoms with Gasteiger partial charge in [0.2, 0.25) is 5.91 Å². The van der Waals surface area contributed by atoms with E-state index in [0.717, 1.165) is 17.0 Å². The predicted octanol–water partition coefficient (Wildman–Crippen LogP) is 2.54. The smallest absolute Gasteiger partial charge is 0.224 e. The molecule has 0 aliphatic carbocycles. The van der Waals surface area contributed by atoms with E-state index in [-0.39, 0.29) is 11.9 Å². The number of amides is 1. The van der Waals surface area contributed by atoms with Crippen LogP contribution < -0.4 is 11.1 Å². The molecule has 1 unspecified atom stereocenters. The van der Waals surface area contributed by atoms with Gasteiger partial charge in [-0.1, -0.05) is 19.1 Å². The van der Waals surface area contributed by atoms with Crippen LogP contribution in [0.2, 0.25) is 0 Å². The second-order valence-corrected chi connectivity index (χ2v) is 5.25. The molecule has 1 amide bonds. The molecule has 0 radical (unpaired) electrons. The Kier molecular flexibility index (Phi) is 4.52. The van der Waals surface area contributed by atoms with Gasteiger partial charge < -0.3 is 11.1 Å². The van der Waals surface area contributed by atoms with Crippen molar-refractivity contribution in [1.82, 2.24) is 10.3 Å². The number of nitrogens with two attached hydrogens (primary N) is 1. The maximum absolute atomic E-state index is 12.0. The molecule has 19 heavy (non-hydrogen) atoms. The summed E-state index contributed by atoms with van der Waals surface area (Å²) in [6.45, 7) is 2.03. The first-order valence-corrected chi connectivity index (χ1v) is 7.10. The Balaban J connectivity index is 1.97. The average molecular weight is 275 g/mol. The molecule has 0 aliphatic heterocycles. The van der Waals surface area contributed by atoms with E-state index in [2.05, 4.69) is 10.3 Å². The van der Waals surface area contributed by atoms with Gasteiger partial charge >= 0.3 is 0 Å². The Hall–Kier alpha value is -1.88. The van der Waals surface area contributed by atoms with Gasteiger partial charge in [-0.2, -0.15) is 0 Å². The van der Waals surface area contributed by atoms with Gasteiger partial charge in [0.15, 0.2) is 0 Å². The van der Waals surface area contributed by atoms with Crippen molar-refractivity contribution in [2.75, 3.05) is 5.73 Å². The number of carbonyl (C=O) groups is 1. The summed E-state index contributed by atoms with van der Waals surface area (Å²) in [4.78, 5) is 16.3. The monoisotopic (exact) mass is 275 g/mol. The van der Waals surface area contributed by atoms with Crippen molar-refractivity contribution in [3.8, 4) is 0 Å². The zero-order valence-corrected chi connectivity index (χ0v) is 11.6. The van der Waals surface area contributed by atoms with Crippen LogP contribution in [0.1, 0.15) is 30.0 Å². The van der Waals surface area contributed by atoms with E-state index in [4.69, 9.17) is 5.73 Å². The molecule has 0 saturated carbocycles. The number of hydrogen-bond acceptors (Lipinski definition) is 4. The molecule has 2 aromatic rings. The normalized spacial score (nSPS) is 12.1. The van der Waals surface area contributed by atoms with E-state index >= 15 is 0 Å². The molecule has 2 rings (SSSR count). The third-order valence-electron chi connectivity index (χ3n) is 2.81. The summed E-state index contributed by atoms with van der Waals surface area (Å²) < 4.78 is 0. The quantitative estimate of drug-likeness (QED) is 0.824. The molecule has 0 saturated heterocycles. The number of carbonyl (C=O) groups excluding carboxylic acids is 1. The fourth-order valence-electron chi connectivity index (χ4n) is 1.88. The lowest BCUT2D eigenvalue weighted by atomic mass is 10.1. The van der Waals surface area contributed by atoms with Gasteiger partial charge in [0.05, 0.1) is 12.5 Å². The number of aromatic nitrogens is 1. The topological polar surface area (TPSA) is 68.0 Å². The Bertz CT molecular complexity index is 539. The van der Waals surface area contributed by atoms with Crippen molar-refractivity contribution in [3.63, 3.8) is 0 Å². The van der Waals surface area contributed by atoms with Crippen molar-refractivity contribution in [2.24, 2.45) is 0 Å². The summed E-state index contributed by atoms with van der Waals surface area (Å²) in [6, 6.07) is 7.39. The highest BCUT2D eigenvalue weighted by Crippen LogP contribution is 2.19. The lowest BCUT2D eigenvalue weighted by Crippen LogP contribution is -2.29. The highest BCUT2D eigenvalue weighted by Gasteiger charge is 2.15. The number of thiazole rings is 1. The SMILES string of the molecule is CCC(NC(=O)Cc1cccc(N)c1)c1nccs1. The van der Waals surface area contributed by atoms with E-state index in [9.17, 15) is 4.79 Å². The molecule has 0 spiro atoms. The van der Waals surface area contributed by atoms with Gasteiger partial charge in [0.1, 0.15) is 5.01 Å². The minimum absolute atomic E-state index is 0.00596. The Morgan fingerprint density at radius 3 is 3.00 bits per heavy atom. The molecular weight excluding hydrogens is 258 g/mol. The molecular formula is C14H17N3OS.